The number of rotatable bonds is 6. The Hall–Kier alpha value is -3.00. The minimum atomic E-state index is 0.569. The van der Waals surface area contributed by atoms with Crippen LogP contribution in [0, 0.1) is 6.92 Å². The van der Waals surface area contributed by atoms with Gasteiger partial charge in [0.15, 0.2) is 5.65 Å². The number of methoxy groups -OCH3 is 1. The fourth-order valence-electron chi connectivity index (χ4n) is 3.11. The van der Waals surface area contributed by atoms with E-state index in [-0.39, 0.29) is 0 Å². The monoisotopic (exact) mass is 351 g/mol. The maximum Gasteiger partial charge on any atom is 0.241 e. The van der Waals surface area contributed by atoms with Crippen LogP contribution < -0.4 is 5.32 Å². The number of aryl methyl sites for hydroxylation is 2. The van der Waals surface area contributed by atoms with E-state index < -0.39 is 0 Å². The molecule has 0 amide bonds. The number of nitrogens with one attached hydrogen (secondary N) is 1. The summed E-state index contributed by atoms with van der Waals surface area (Å²) in [6, 6.07) is 6.02. The molecular weight excluding hydrogens is 330 g/mol. The maximum absolute atomic E-state index is 5.03. The fraction of sp³-hybridized carbons (Fsp3) is 0.333. The van der Waals surface area contributed by atoms with Crippen molar-refractivity contribution < 1.29 is 4.74 Å². The van der Waals surface area contributed by atoms with Crippen LogP contribution in [0.1, 0.15) is 12.7 Å². The Bertz CT molecular complexity index is 1070. The van der Waals surface area contributed by atoms with Crippen molar-refractivity contribution in [3.05, 3.63) is 36.4 Å². The fourth-order valence-corrected chi connectivity index (χ4v) is 3.11. The molecule has 0 aliphatic carbocycles. The number of fused-ring (bicyclic) bond motifs is 2. The molecule has 4 aromatic rings. The molecule has 8 nitrogen and oxygen atoms in total. The van der Waals surface area contributed by atoms with Crippen LogP contribution in [0.3, 0.4) is 0 Å². The summed E-state index contributed by atoms with van der Waals surface area (Å²) in [7, 11) is 1.67. The Kier molecular flexibility index (Phi) is 4.26. The molecule has 8 heteroatoms. The molecule has 1 N–H and O–H groups in total. The summed E-state index contributed by atoms with van der Waals surface area (Å²) in [6.07, 6.45) is 3.73. The third kappa shape index (κ3) is 2.78. The molecule has 0 fully saturated rings. The van der Waals surface area contributed by atoms with E-state index in [0.717, 1.165) is 40.3 Å². The summed E-state index contributed by atoms with van der Waals surface area (Å²) in [5.41, 5.74) is 4.61. The topological polar surface area (TPSA) is 82.2 Å². The standard InChI is InChI=1S/C18H21N7O/c1-4-24-12(2)21-15-6-5-14(22-17(15)24)13-7-9-25-16(13)11-20-18(23-25)19-8-10-26-3/h5-7,9,11H,4,8,10H2,1-3H3,(H,19,23). The molecule has 134 valence electrons. The SMILES string of the molecule is CCn1c(C)nc2ccc(-c3ccn4nc(NCCOC)ncc34)nc21. The first-order chi connectivity index (χ1) is 12.7. The summed E-state index contributed by atoms with van der Waals surface area (Å²) < 4.78 is 8.96. The Morgan fingerprint density at radius 3 is 2.88 bits per heavy atom. The lowest BCUT2D eigenvalue weighted by molar-refractivity contribution is 0.210. The van der Waals surface area contributed by atoms with E-state index in [1.165, 1.54) is 0 Å². The zero-order chi connectivity index (χ0) is 18.1. The molecule has 4 aromatic heterocycles. The van der Waals surface area contributed by atoms with Crippen molar-refractivity contribution in [1.82, 2.24) is 29.1 Å². The van der Waals surface area contributed by atoms with Gasteiger partial charge in [0.2, 0.25) is 5.95 Å². The second-order valence-electron chi connectivity index (χ2n) is 6.00. The van der Waals surface area contributed by atoms with Gasteiger partial charge in [-0.3, -0.25) is 0 Å². The van der Waals surface area contributed by atoms with E-state index in [1.807, 2.05) is 42.0 Å². The van der Waals surface area contributed by atoms with Crippen molar-refractivity contribution in [2.24, 2.45) is 0 Å². The van der Waals surface area contributed by atoms with Gasteiger partial charge in [0.25, 0.3) is 0 Å². The predicted molar refractivity (Wildman–Crippen MR) is 100 cm³/mol. The van der Waals surface area contributed by atoms with Gasteiger partial charge in [0.1, 0.15) is 11.3 Å². The Morgan fingerprint density at radius 1 is 1.19 bits per heavy atom. The quantitative estimate of drug-likeness (QED) is 0.538. The lowest BCUT2D eigenvalue weighted by Gasteiger charge is -2.05. The smallest absolute Gasteiger partial charge is 0.241 e. The molecule has 0 spiro atoms. The largest absolute Gasteiger partial charge is 0.383 e. The number of hydrogen-bond acceptors (Lipinski definition) is 6. The minimum Gasteiger partial charge on any atom is -0.383 e. The van der Waals surface area contributed by atoms with E-state index in [2.05, 4.69) is 31.9 Å². The molecule has 0 aromatic carbocycles. The molecule has 0 saturated carbocycles. The van der Waals surface area contributed by atoms with Crippen LogP contribution in [-0.2, 0) is 11.3 Å². The molecule has 4 heterocycles. The second kappa shape index (κ2) is 6.72. The maximum atomic E-state index is 5.03. The first-order valence-electron chi connectivity index (χ1n) is 8.62. The van der Waals surface area contributed by atoms with Crippen LogP contribution >= 0.6 is 0 Å². The highest BCUT2D eigenvalue weighted by molar-refractivity contribution is 5.82. The van der Waals surface area contributed by atoms with Gasteiger partial charge in [-0.15, -0.1) is 5.10 Å². The molecule has 0 aliphatic heterocycles. The van der Waals surface area contributed by atoms with Gasteiger partial charge in [-0.25, -0.2) is 19.5 Å². The number of aromatic nitrogens is 6. The Balaban J connectivity index is 1.73. The van der Waals surface area contributed by atoms with Crippen molar-refractivity contribution in [3.8, 4) is 11.3 Å². The van der Waals surface area contributed by atoms with Gasteiger partial charge < -0.3 is 14.6 Å². The third-order valence-electron chi connectivity index (χ3n) is 4.38. The predicted octanol–water partition coefficient (Wildman–Crippen LogP) is 2.53. The number of hydrogen-bond donors (Lipinski definition) is 1. The van der Waals surface area contributed by atoms with E-state index in [1.54, 1.807) is 7.11 Å². The zero-order valence-corrected chi connectivity index (χ0v) is 15.1. The lowest BCUT2D eigenvalue weighted by atomic mass is 10.2. The summed E-state index contributed by atoms with van der Waals surface area (Å²) in [5.74, 6) is 1.55. The minimum absolute atomic E-state index is 0.569. The summed E-state index contributed by atoms with van der Waals surface area (Å²) in [5, 5.41) is 7.62. The average molecular weight is 351 g/mol. The molecule has 4 rings (SSSR count). The molecule has 0 bridgehead atoms. The van der Waals surface area contributed by atoms with Gasteiger partial charge in [-0.2, -0.15) is 0 Å². The van der Waals surface area contributed by atoms with Crippen molar-refractivity contribution in [2.45, 2.75) is 20.4 Å². The first-order valence-corrected chi connectivity index (χ1v) is 8.62. The van der Waals surface area contributed by atoms with Gasteiger partial charge in [-0.05, 0) is 32.0 Å². The first kappa shape index (κ1) is 16.5. The van der Waals surface area contributed by atoms with Crippen molar-refractivity contribution in [1.29, 1.82) is 0 Å². The normalized spacial score (nSPS) is 11.5. The van der Waals surface area contributed by atoms with Gasteiger partial charge >= 0.3 is 0 Å². The highest BCUT2D eigenvalue weighted by atomic mass is 16.5. The number of imidazole rings is 1. The lowest BCUT2D eigenvalue weighted by Crippen LogP contribution is -2.11. The number of ether oxygens (including phenoxy) is 1. The van der Waals surface area contributed by atoms with E-state index in [0.29, 0.717) is 19.1 Å². The summed E-state index contributed by atoms with van der Waals surface area (Å²) >= 11 is 0. The Labute approximate surface area is 150 Å². The van der Waals surface area contributed by atoms with Crippen LogP contribution in [0.2, 0.25) is 0 Å². The van der Waals surface area contributed by atoms with Crippen LogP contribution in [0.5, 0.6) is 0 Å². The Morgan fingerprint density at radius 2 is 2.08 bits per heavy atom. The van der Waals surface area contributed by atoms with Crippen LogP contribution in [0.15, 0.2) is 30.6 Å². The van der Waals surface area contributed by atoms with Crippen LogP contribution in [0.4, 0.5) is 5.95 Å². The van der Waals surface area contributed by atoms with Gasteiger partial charge in [0.05, 0.1) is 24.0 Å². The number of pyridine rings is 1. The van der Waals surface area contributed by atoms with Gasteiger partial charge in [-0.1, -0.05) is 0 Å². The van der Waals surface area contributed by atoms with Gasteiger partial charge in [0, 0.05) is 32.0 Å². The van der Waals surface area contributed by atoms with Crippen molar-refractivity contribution in [3.63, 3.8) is 0 Å². The molecule has 0 saturated heterocycles. The average Bonchev–Trinajstić information content (AvgIpc) is 3.20. The molecule has 0 unspecified atom stereocenters. The van der Waals surface area contributed by atoms with Crippen molar-refractivity contribution in [2.75, 3.05) is 25.6 Å². The molecule has 26 heavy (non-hydrogen) atoms. The third-order valence-corrected chi connectivity index (χ3v) is 4.38. The molecule has 0 radical (unpaired) electrons. The second-order valence-corrected chi connectivity index (χ2v) is 6.00. The number of nitrogens with zero attached hydrogens (tertiary/aromatic N) is 6. The van der Waals surface area contributed by atoms with E-state index in [4.69, 9.17) is 9.72 Å². The molecular formula is C18H21N7O. The highest BCUT2D eigenvalue weighted by Gasteiger charge is 2.13. The summed E-state index contributed by atoms with van der Waals surface area (Å²) in [6.45, 7) is 6.21. The van der Waals surface area contributed by atoms with Crippen LogP contribution in [-0.4, -0.2) is 49.4 Å². The van der Waals surface area contributed by atoms with Crippen molar-refractivity contribution >= 4 is 22.6 Å². The summed E-state index contributed by atoms with van der Waals surface area (Å²) in [4.78, 5) is 13.8. The van der Waals surface area contributed by atoms with E-state index in [9.17, 15) is 0 Å². The number of anilines is 1. The zero-order valence-electron chi connectivity index (χ0n) is 15.1. The highest BCUT2D eigenvalue weighted by Crippen LogP contribution is 2.26. The van der Waals surface area contributed by atoms with Crippen LogP contribution in [0.25, 0.3) is 27.9 Å². The molecule has 0 aliphatic rings. The van der Waals surface area contributed by atoms with E-state index >= 15 is 0 Å². The molecule has 0 atom stereocenters.